The van der Waals surface area contributed by atoms with Crippen LogP contribution in [-0.2, 0) is 44.7 Å². The van der Waals surface area contributed by atoms with Crippen molar-refractivity contribution in [3.63, 3.8) is 0 Å². The van der Waals surface area contributed by atoms with Gasteiger partial charge in [0.1, 0.15) is 49.1 Å². The first kappa shape index (κ1) is 43.5. The van der Waals surface area contributed by atoms with Gasteiger partial charge in [0.25, 0.3) is 0 Å². The molecule has 284 valence electrons. The Bertz CT molecular complexity index is 1390. The van der Waals surface area contributed by atoms with Gasteiger partial charge in [-0.05, 0) is 49.8 Å². The largest absolute Gasteiger partial charge is 0.508 e. The Morgan fingerprint density at radius 3 is 1.96 bits per heavy atom. The Morgan fingerprint density at radius 2 is 1.39 bits per heavy atom. The van der Waals surface area contributed by atoms with Gasteiger partial charge >= 0.3 is 11.9 Å². The minimum absolute atomic E-state index is 0.0175. The number of phenolic OH excluding ortho intramolecular Hbond substituents is 1. The van der Waals surface area contributed by atoms with Crippen molar-refractivity contribution in [1.29, 1.82) is 0 Å². The summed E-state index contributed by atoms with van der Waals surface area (Å²) in [7, 11) is 0. The van der Waals surface area contributed by atoms with Crippen molar-refractivity contribution in [3.05, 3.63) is 29.8 Å². The van der Waals surface area contributed by atoms with E-state index < -0.39 is 91.4 Å². The highest BCUT2D eigenvalue weighted by atomic mass is 16.5. The maximum atomic E-state index is 13.8. The molecule has 0 saturated carbocycles. The van der Waals surface area contributed by atoms with Crippen LogP contribution in [0.25, 0.3) is 0 Å². The van der Waals surface area contributed by atoms with Crippen LogP contribution in [0.1, 0.15) is 45.6 Å². The first-order valence-electron chi connectivity index (χ1n) is 16.1. The van der Waals surface area contributed by atoms with Crippen molar-refractivity contribution in [2.75, 3.05) is 26.2 Å². The first-order valence-corrected chi connectivity index (χ1v) is 16.1. The number of amides is 5. The predicted octanol–water partition coefficient (Wildman–Crippen LogP) is -3.98. The molecule has 15 N–H and O–H groups in total. The molecule has 0 bridgehead atoms. The summed E-state index contributed by atoms with van der Waals surface area (Å²) in [6, 6.07) is -0.516. The van der Waals surface area contributed by atoms with Crippen LogP contribution in [0.4, 0.5) is 0 Å². The highest BCUT2D eigenvalue weighted by Crippen LogP contribution is 2.13. The Labute approximate surface area is 294 Å². The molecule has 0 aliphatic carbocycles. The minimum atomic E-state index is -1.34. The van der Waals surface area contributed by atoms with Gasteiger partial charge in [-0.25, -0.2) is 0 Å². The lowest BCUT2D eigenvalue weighted by Crippen LogP contribution is -2.59. The number of carbonyl (C=O) groups is 7. The highest BCUT2D eigenvalue weighted by molar-refractivity contribution is 5.96. The van der Waals surface area contributed by atoms with Crippen LogP contribution in [0.15, 0.2) is 29.3 Å². The van der Waals surface area contributed by atoms with Gasteiger partial charge in [-0.15, -0.1) is 0 Å². The fourth-order valence-electron chi connectivity index (χ4n) is 4.39. The van der Waals surface area contributed by atoms with Crippen LogP contribution >= 0.6 is 0 Å². The third kappa shape index (κ3) is 17.6. The van der Waals surface area contributed by atoms with Gasteiger partial charge in [0.15, 0.2) is 5.96 Å². The SMILES string of the molecule is CC(C)C[C@H](NC(=O)[C@@H](N)COC(=O)CN)C(=O)N[C@@H](Cc1ccc(O)cc1)C(=O)N[C@@H](CCCN=C(N)N)C(=O)N[C@@H](C)C(=O)NCC(=O)O. The summed E-state index contributed by atoms with van der Waals surface area (Å²) in [6.45, 7) is 3.41. The van der Waals surface area contributed by atoms with Gasteiger partial charge < -0.3 is 64.5 Å². The molecule has 1 aromatic carbocycles. The zero-order chi connectivity index (χ0) is 38.7. The number of hydrogen-bond acceptors (Lipinski definition) is 12. The number of carboxylic acid groups (broad SMARTS) is 1. The van der Waals surface area contributed by atoms with E-state index in [1.54, 1.807) is 13.8 Å². The summed E-state index contributed by atoms with van der Waals surface area (Å²) in [5.41, 5.74) is 22.3. The fourth-order valence-corrected chi connectivity index (χ4v) is 4.39. The Hall–Kier alpha value is -5.50. The number of aliphatic imine (C=N–C) groups is 1. The van der Waals surface area contributed by atoms with Gasteiger partial charge in [-0.3, -0.25) is 38.6 Å². The molecule has 20 nitrogen and oxygen atoms in total. The van der Waals surface area contributed by atoms with E-state index in [1.807, 2.05) is 0 Å². The molecule has 51 heavy (non-hydrogen) atoms. The molecular weight excluding hydrogens is 672 g/mol. The van der Waals surface area contributed by atoms with Crippen LogP contribution in [0.3, 0.4) is 0 Å². The molecule has 0 fully saturated rings. The molecule has 5 atom stereocenters. The molecule has 0 spiro atoms. The number of benzene rings is 1. The van der Waals surface area contributed by atoms with Crippen LogP contribution < -0.4 is 49.5 Å². The number of ether oxygens (including phenoxy) is 1. The third-order valence-electron chi connectivity index (χ3n) is 7.02. The van der Waals surface area contributed by atoms with E-state index in [-0.39, 0.29) is 49.9 Å². The molecule has 5 amide bonds. The zero-order valence-corrected chi connectivity index (χ0v) is 28.8. The number of esters is 1. The number of rotatable bonds is 22. The second kappa shape index (κ2) is 22.3. The summed E-state index contributed by atoms with van der Waals surface area (Å²) in [5, 5.41) is 30.9. The number of guanidine groups is 1. The minimum Gasteiger partial charge on any atom is -0.508 e. The molecule has 1 aromatic rings. The average Bonchev–Trinajstić information content (AvgIpc) is 3.06. The van der Waals surface area contributed by atoms with Crippen LogP contribution in [0.5, 0.6) is 5.75 Å². The third-order valence-corrected chi connectivity index (χ3v) is 7.02. The van der Waals surface area contributed by atoms with Gasteiger partial charge in [-0.2, -0.15) is 0 Å². The smallest absolute Gasteiger partial charge is 0.322 e. The van der Waals surface area contributed by atoms with E-state index in [1.165, 1.54) is 31.2 Å². The topological polar surface area (TPSA) is 346 Å². The number of carbonyl (C=O) groups excluding carboxylic acids is 6. The molecule has 1 rings (SSSR count). The normalized spacial score (nSPS) is 13.7. The average molecular weight is 723 g/mol. The van der Waals surface area contributed by atoms with Crippen molar-refractivity contribution in [2.24, 2.45) is 33.8 Å². The molecule has 0 aliphatic heterocycles. The number of nitrogens with zero attached hydrogens (tertiary/aromatic N) is 1. The quantitative estimate of drug-likeness (QED) is 0.0235. The van der Waals surface area contributed by atoms with Crippen molar-refractivity contribution in [3.8, 4) is 5.75 Å². The number of nitrogens with one attached hydrogen (secondary N) is 5. The highest BCUT2D eigenvalue weighted by Gasteiger charge is 2.32. The number of phenols is 1. The standard InChI is InChI=1S/C31H50N10O10/c1-16(2)11-22(40-27(47)20(33)15-51-25(45)13-32)29(49)41-23(12-18-6-8-19(42)9-7-18)30(50)39-21(5-4-10-36-31(34)35)28(48)38-17(3)26(46)37-14-24(43)44/h6-9,16-17,20-23,42H,4-5,10-15,32-33H2,1-3H3,(H,37,46)(H,38,48)(H,39,50)(H,40,47)(H,41,49)(H,43,44)(H4,34,35,36)/t17-,20-,21-,22-,23-/m0/s1. The molecule has 0 radical (unpaired) electrons. The molecule has 0 saturated heterocycles. The van der Waals surface area contributed by atoms with Crippen LogP contribution in [0, 0.1) is 5.92 Å². The monoisotopic (exact) mass is 722 g/mol. The maximum absolute atomic E-state index is 13.8. The van der Waals surface area contributed by atoms with E-state index in [4.69, 9.17) is 32.8 Å². The van der Waals surface area contributed by atoms with Gasteiger partial charge in [-0.1, -0.05) is 26.0 Å². The summed E-state index contributed by atoms with van der Waals surface area (Å²) in [4.78, 5) is 92.0. The van der Waals surface area contributed by atoms with Gasteiger partial charge in [0, 0.05) is 13.0 Å². The van der Waals surface area contributed by atoms with Crippen molar-refractivity contribution >= 4 is 47.4 Å². The number of hydrogen-bond donors (Lipinski definition) is 11. The Kier molecular flexibility index (Phi) is 19.0. The first-order chi connectivity index (χ1) is 23.9. The van der Waals surface area contributed by atoms with Crippen molar-refractivity contribution in [2.45, 2.75) is 76.7 Å². The van der Waals surface area contributed by atoms with Crippen LogP contribution in [-0.4, -0.2) is 114 Å². The summed E-state index contributed by atoms with van der Waals surface area (Å²) < 4.78 is 4.81. The molecule has 20 heteroatoms. The van der Waals surface area contributed by atoms with E-state index in [0.29, 0.717) is 5.56 Å². The lowest BCUT2D eigenvalue weighted by atomic mass is 10.00. The lowest BCUT2D eigenvalue weighted by Gasteiger charge is -2.27. The molecule has 0 unspecified atom stereocenters. The second-order valence-corrected chi connectivity index (χ2v) is 12.0. The van der Waals surface area contributed by atoms with Gasteiger partial charge in [0.2, 0.25) is 29.5 Å². The predicted molar refractivity (Wildman–Crippen MR) is 183 cm³/mol. The fraction of sp³-hybridized carbons (Fsp3) is 0.548. The van der Waals surface area contributed by atoms with Crippen molar-refractivity contribution < 1.29 is 48.5 Å². The number of aromatic hydroxyl groups is 1. The summed E-state index contributed by atoms with van der Waals surface area (Å²) in [6.07, 6.45) is 0.188. The zero-order valence-electron chi connectivity index (χ0n) is 28.8. The lowest BCUT2D eigenvalue weighted by molar-refractivity contribution is -0.144. The number of nitrogens with two attached hydrogens (primary N) is 4. The molecule has 0 aromatic heterocycles. The Balaban J connectivity index is 3.31. The number of carboxylic acids is 1. The summed E-state index contributed by atoms with van der Waals surface area (Å²) >= 11 is 0. The van der Waals surface area contributed by atoms with E-state index in [0.717, 1.165) is 0 Å². The molecule has 0 heterocycles. The van der Waals surface area contributed by atoms with E-state index >= 15 is 0 Å². The molecule has 0 aliphatic rings. The maximum Gasteiger partial charge on any atom is 0.322 e. The second-order valence-electron chi connectivity index (χ2n) is 12.0. The summed E-state index contributed by atoms with van der Waals surface area (Å²) in [5.74, 6) is -6.40. The Morgan fingerprint density at radius 1 is 0.824 bits per heavy atom. The van der Waals surface area contributed by atoms with E-state index in [9.17, 15) is 38.7 Å². The van der Waals surface area contributed by atoms with Gasteiger partial charge in [0.05, 0.1) is 6.54 Å². The number of aliphatic carboxylic acids is 1. The van der Waals surface area contributed by atoms with Crippen LogP contribution in [0.2, 0.25) is 0 Å². The van der Waals surface area contributed by atoms with Crippen molar-refractivity contribution in [1.82, 2.24) is 26.6 Å². The molecular formula is C31H50N10O10. The van der Waals surface area contributed by atoms with E-state index in [2.05, 4.69) is 31.6 Å².